The van der Waals surface area contributed by atoms with Gasteiger partial charge in [-0.25, -0.2) is 0 Å². The molecule has 2 aliphatic heterocycles. The molecular weight excluding hydrogens is 388 g/mol. The number of allylic oxidation sites excluding steroid dienone is 1. The monoisotopic (exact) mass is 424 g/mol. The summed E-state index contributed by atoms with van der Waals surface area (Å²) in [4.78, 5) is 17.7. The van der Waals surface area contributed by atoms with Crippen molar-refractivity contribution in [3.8, 4) is 0 Å². The molecule has 0 spiro atoms. The van der Waals surface area contributed by atoms with Gasteiger partial charge in [0.1, 0.15) is 6.10 Å². The minimum atomic E-state index is -0.516. The second-order valence-corrected chi connectivity index (χ2v) is 10.4. The molecule has 2 aliphatic carbocycles. The Bertz CT molecular complexity index is 875. The molecule has 5 heteroatoms. The third kappa shape index (κ3) is 3.41. The van der Waals surface area contributed by atoms with Crippen LogP contribution in [0.5, 0.6) is 0 Å². The molecule has 5 nitrogen and oxygen atoms in total. The predicted molar refractivity (Wildman–Crippen MR) is 122 cm³/mol. The highest BCUT2D eigenvalue weighted by molar-refractivity contribution is 5.76. The molecule has 4 aliphatic rings. The summed E-state index contributed by atoms with van der Waals surface area (Å²) >= 11 is 0. The molecule has 1 saturated carbocycles. The van der Waals surface area contributed by atoms with Gasteiger partial charge in [-0.3, -0.25) is 9.69 Å². The lowest BCUT2D eigenvalue weighted by Crippen LogP contribution is -2.55. The van der Waals surface area contributed by atoms with Gasteiger partial charge in [0.2, 0.25) is 0 Å². The first-order valence-corrected chi connectivity index (χ1v) is 12.0. The van der Waals surface area contributed by atoms with Crippen LogP contribution in [-0.4, -0.2) is 60.9 Å². The zero-order chi connectivity index (χ0) is 21.8. The first-order valence-electron chi connectivity index (χ1n) is 12.0. The standard InChI is InChI=1S/C26H36N2O3/c1-17-7-4-5-10-21(17)28-13-11-27(12-14-28)16-20-23-22(31-25(20)30)15-19-9-6-8-18(2)26(19,3)24(23)29/h4-5,7,9-10,18,20,22-24,29H,6,8,11-16H2,1-3H3/t18-,20+,22+,23-,24-,26+/m1/s1. The minimum absolute atomic E-state index is 0.0930. The molecule has 3 fully saturated rings. The first kappa shape index (κ1) is 21.0. The summed E-state index contributed by atoms with van der Waals surface area (Å²) in [5.74, 6) is 0.00505. The van der Waals surface area contributed by atoms with Gasteiger partial charge in [0.05, 0.1) is 12.0 Å². The Morgan fingerprint density at radius 3 is 2.68 bits per heavy atom. The molecular formula is C26H36N2O3. The average Bonchev–Trinajstić information content (AvgIpc) is 3.06. The quantitative estimate of drug-likeness (QED) is 0.595. The number of nitrogens with zero attached hydrogens (tertiary/aromatic N) is 2. The number of hydrogen-bond acceptors (Lipinski definition) is 5. The summed E-state index contributed by atoms with van der Waals surface area (Å²) in [5, 5.41) is 11.5. The fraction of sp³-hybridized carbons (Fsp3) is 0.654. The molecule has 0 aromatic heterocycles. The predicted octanol–water partition coefficient (Wildman–Crippen LogP) is 3.40. The zero-order valence-electron chi connectivity index (χ0n) is 19.1. The van der Waals surface area contributed by atoms with Crippen molar-refractivity contribution in [2.24, 2.45) is 23.2 Å². The van der Waals surface area contributed by atoms with Crippen molar-refractivity contribution < 1.29 is 14.6 Å². The topological polar surface area (TPSA) is 53.0 Å². The summed E-state index contributed by atoms with van der Waals surface area (Å²) in [6.07, 6.45) is 4.59. The Kier molecular flexibility index (Phi) is 5.38. The lowest BCUT2D eigenvalue weighted by Gasteiger charge is -2.52. The van der Waals surface area contributed by atoms with Crippen LogP contribution in [0.4, 0.5) is 5.69 Å². The number of carbonyl (C=O) groups is 1. The van der Waals surface area contributed by atoms with Crippen molar-refractivity contribution in [2.45, 2.75) is 52.2 Å². The molecule has 168 valence electrons. The van der Waals surface area contributed by atoms with E-state index in [-0.39, 0.29) is 29.3 Å². The Morgan fingerprint density at radius 2 is 1.94 bits per heavy atom. The number of fused-ring (bicyclic) bond motifs is 2. The highest BCUT2D eigenvalue weighted by Crippen LogP contribution is 2.56. The van der Waals surface area contributed by atoms with Gasteiger partial charge in [-0.1, -0.05) is 43.7 Å². The number of rotatable bonds is 3. The van der Waals surface area contributed by atoms with E-state index in [1.54, 1.807) is 0 Å². The largest absolute Gasteiger partial charge is 0.461 e. The second-order valence-electron chi connectivity index (χ2n) is 10.4. The van der Waals surface area contributed by atoms with E-state index in [2.05, 4.69) is 60.9 Å². The number of esters is 1. The third-order valence-electron chi connectivity index (χ3n) is 8.85. The van der Waals surface area contributed by atoms with E-state index < -0.39 is 6.10 Å². The number of benzene rings is 1. The molecule has 0 amide bonds. The van der Waals surface area contributed by atoms with Crippen LogP contribution in [-0.2, 0) is 9.53 Å². The Labute approximate surface area is 186 Å². The van der Waals surface area contributed by atoms with E-state index in [9.17, 15) is 9.90 Å². The van der Waals surface area contributed by atoms with Gasteiger partial charge < -0.3 is 14.7 Å². The number of ether oxygens (including phenoxy) is 1. The molecule has 5 rings (SSSR count). The van der Waals surface area contributed by atoms with Gasteiger partial charge in [0.25, 0.3) is 0 Å². The maximum atomic E-state index is 12.9. The van der Waals surface area contributed by atoms with Crippen LogP contribution in [0.2, 0.25) is 0 Å². The molecule has 31 heavy (non-hydrogen) atoms. The smallest absolute Gasteiger partial charge is 0.311 e. The van der Waals surface area contributed by atoms with Crippen LogP contribution in [0.25, 0.3) is 0 Å². The van der Waals surface area contributed by atoms with Crippen molar-refractivity contribution >= 4 is 11.7 Å². The molecule has 0 bridgehead atoms. The van der Waals surface area contributed by atoms with Gasteiger partial charge in [-0.05, 0) is 37.3 Å². The van der Waals surface area contributed by atoms with Crippen molar-refractivity contribution in [1.82, 2.24) is 4.90 Å². The number of carbonyl (C=O) groups excluding carboxylic acids is 1. The first-order chi connectivity index (χ1) is 14.9. The van der Waals surface area contributed by atoms with E-state index in [4.69, 9.17) is 4.74 Å². The Balaban J connectivity index is 1.28. The van der Waals surface area contributed by atoms with Crippen LogP contribution >= 0.6 is 0 Å². The van der Waals surface area contributed by atoms with Crippen LogP contribution in [0.15, 0.2) is 35.9 Å². The van der Waals surface area contributed by atoms with E-state index >= 15 is 0 Å². The van der Waals surface area contributed by atoms with E-state index in [1.165, 1.54) is 16.8 Å². The van der Waals surface area contributed by atoms with Crippen molar-refractivity contribution in [3.63, 3.8) is 0 Å². The van der Waals surface area contributed by atoms with E-state index in [0.717, 1.165) is 45.4 Å². The molecule has 0 radical (unpaired) electrons. The fourth-order valence-corrected chi connectivity index (χ4v) is 6.64. The van der Waals surface area contributed by atoms with Gasteiger partial charge in [-0.2, -0.15) is 0 Å². The van der Waals surface area contributed by atoms with Gasteiger partial charge >= 0.3 is 5.97 Å². The SMILES string of the molecule is Cc1ccccc1N1CCN(C[C@@H]2C(=O)O[C@H]3CC4=CCC[C@@H](C)[C@]4(C)[C@H](O)[C@@H]32)CC1. The molecule has 1 aromatic rings. The Hall–Kier alpha value is -1.85. The van der Waals surface area contributed by atoms with E-state index in [0.29, 0.717) is 12.5 Å². The highest BCUT2D eigenvalue weighted by Gasteiger charge is 2.59. The summed E-state index contributed by atoms with van der Waals surface area (Å²) in [6, 6.07) is 8.54. The van der Waals surface area contributed by atoms with Crippen LogP contribution in [0.3, 0.4) is 0 Å². The average molecular weight is 425 g/mol. The van der Waals surface area contributed by atoms with Gasteiger partial charge in [-0.15, -0.1) is 0 Å². The number of aryl methyl sites for hydroxylation is 1. The summed E-state index contributed by atoms with van der Waals surface area (Å²) in [6.45, 7) is 11.1. The molecule has 0 unspecified atom stereocenters. The normalized spacial score (nSPS) is 38.3. The van der Waals surface area contributed by atoms with Crippen molar-refractivity contribution in [2.75, 3.05) is 37.6 Å². The molecule has 1 aromatic carbocycles. The summed E-state index contributed by atoms with van der Waals surface area (Å²) in [5.41, 5.74) is 3.70. The third-order valence-corrected chi connectivity index (χ3v) is 8.85. The number of aliphatic hydroxyl groups is 1. The van der Waals surface area contributed by atoms with Gasteiger partial charge in [0.15, 0.2) is 0 Å². The lowest BCUT2D eigenvalue weighted by molar-refractivity contribution is -0.145. The number of aliphatic hydroxyl groups excluding tert-OH is 1. The maximum Gasteiger partial charge on any atom is 0.311 e. The number of anilines is 1. The number of piperazine rings is 1. The summed E-state index contributed by atoms with van der Waals surface area (Å²) in [7, 11) is 0. The molecule has 6 atom stereocenters. The van der Waals surface area contributed by atoms with Crippen molar-refractivity contribution in [3.05, 3.63) is 41.5 Å². The second kappa shape index (κ2) is 7.93. The fourth-order valence-electron chi connectivity index (χ4n) is 6.64. The maximum absolute atomic E-state index is 12.9. The zero-order valence-corrected chi connectivity index (χ0v) is 19.1. The van der Waals surface area contributed by atoms with Crippen LogP contribution < -0.4 is 4.90 Å². The molecule has 2 heterocycles. The van der Waals surface area contributed by atoms with Crippen LogP contribution in [0.1, 0.15) is 38.7 Å². The Morgan fingerprint density at radius 1 is 1.19 bits per heavy atom. The van der Waals surface area contributed by atoms with E-state index in [1.807, 2.05) is 0 Å². The number of hydrogen-bond donors (Lipinski definition) is 1. The highest BCUT2D eigenvalue weighted by atomic mass is 16.6. The van der Waals surface area contributed by atoms with Crippen molar-refractivity contribution in [1.29, 1.82) is 0 Å². The molecule has 2 saturated heterocycles. The van der Waals surface area contributed by atoms with Gasteiger partial charge in [0, 0.05) is 56.2 Å². The number of para-hydroxylation sites is 1. The van der Waals surface area contributed by atoms with Crippen LogP contribution in [0, 0.1) is 30.1 Å². The summed E-state index contributed by atoms with van der Waals surface area (Å²) < 4.78 is 5.85. The minimum Gasteiger partial charge on any atom is -0.461 e. The molecule has 1 N–H and O–H groups in total. The lowest BCUT2D eigenvalue weighted by atomic mass is 9.55.